The van der Waals surface area contributed by atoms with Crippen molar-refractivity contribution in [2.24, 2.45) is 0 Å². The van der Waals surface area contributed by atoms with E-state index >= 15 is 0 Å². The van der Waals surface area contributed by atoms with E-state index in [0.29, 0.717) is 45.2 Å². The summed E-state index contributed by atoms with van der Waals surface area (Å²) >= 11 is 0. The van der Waals surface area contributed by atoms with Crippen LogP contribution >= 0.6 is 0 Å². The first-order valence-electron chi connectivity index (χ1n) is 20.0. The molecule has 8 bridgehead atoms. The lowest BCUT2D eigenvalue weighted by molar-refractivity contribution is 0.325. The third-order valence-corrected chi connectivity index (χ3v) is 11.6. The molecular formula is C40H42N16. The third-order valence-electron chi connectivity index (χ3n) is 11.6. The van der Waals surface area contributed by atoms with Crippen LogP contribution in [-0.2, 0) is 0 Å². The molecule has 56 heavy (non-hydrogen) atoms. The van der Waals surface area contributed by atoms with Gasteiger partial charge in [-0.05, 0) is 77.0 Å². The first kappa shape index (κ1) is 35.2. The van der Waals surface area contributed by atoms with Crippen LogP contribution in [0.3, 0.4) is 0 Å². The number of nitrogens with zero attached hydrogens (tertiary/aromatic N) is 14. The average molecular weight is 747 g/mol. The normalized spacial score (nSPS) is 19.1. The molecule has 3 aromatic heterocycles. The molecule has 0 spiro atoms. The molecule has 6 aliphatic heterocycles. The van der Waals surface area contributed by atoms with Gasteiger partial charge >= 0.3 is 0 Å². The number of fused-ring (bicyclic) bond motifs is 8. The molecule has 4 fully saturated rings. The maximum Gasteiger partial charge on any atom is 0.181 e. The average Bonchev–Trinajstić information content (AvgIpc) is 3.98. The van der Waals surface area contributed by atoms with Crippen molar-refractivity contribution in [3.63, 3.8) is 0 Å². The van der Waals surface area contributed by atoms with E-state index in [1.54, 1.807) is 0 Å². The highest BCUT2D eigenvalue weighted by Crippen LogP contribution is 2.38. The van der Waals surface area contributed by atoms with E-state index in [2.05, 4.69) is 53.8 Å². The smallest absolute Gasteiger partial charge is 0.181 e. The number of rotatable bonds is 4. The van der Waals surface area contributed by atoms with E-state index in [9.17, 15) is 21.0 Å². The van der Waals surface area contributed by atoms with Gasteiger partial charge in [-0.3, -0.25) is 0 Å². The summed E-state index contributed by atoms with van der Waals surface area (Å²) in [6.45, 7) is 5.82. The molecule has 0 saturated carbocycles. The van der Waals surface area contributed by atoms with E-state index in [1.165, 1.54) is 0 Å². The van der Waals surface area contributed by atoms with E-state index in [-0.39, 0.29) is 45.7 Å². The van der Waals surface area contributed by atoms with Gasteiger partial charge in [0, 0.05) is 52.4 Å². The first-order chi connectivity index (χ1) is 27.6. The van der Waals surface area contributed by atoms with Crippen LogP contribution in [0.5, 0.6) is 0 Å². The lowest BCUT2D eigenvalue weighted by Crippen LogP contribution is -2.30. The van der Waals surface area contributed by atoms with Gasteiger partial charge in [0.2, 0.25) is 0 Å². The molecule has 16 nitrogen and oxygen atoms in total. The van der Waals surface area contributed by atoms with Gasteiger partial charge in [-0.25, -0.2) is 29.9 Å². The van der Waals surface area contributed by atoms with Crippen LogP contribution in [0.15, 0.2) is 0 Å². The number of piperidine rings is 4. The molecule has 0 radical (unpaired) electrons. The Hall–Kier alpha value is -6.52. The molecule has 16 heteroatoms. The summed E-state index contributed by atoms with van der Waals surface area (Å²) in [5.41, 5.74) is 4.85. The summed E-state index contributed by atoms with van der Waals surface area (Å²) in [5.74, 6) is 0.847. The zero-order chi connectivity index (χ0) is 38.2. The second-order valence-electron chi connectivity index (χ2n) is 15.1. The number of H-pyrrole nitrogens is 2. The van der Waals surface area contributed by atoms with Gasteiger partial charge in [0.1, 0.15) is 69.3 Å². The van der Waals surface area contributed by atoms with E-state index < -0.39 is 0 Å². The van der Waals surface area contributed by atoms with Crippen LogP contribution < -0.4 is 9.80 Å². The number of hydrogen-bond acceptors (Lipinski definition) is 14. The minimum absolute atomic E-state index is 0.153. The molecule has 3 aromatic rings. The molecule has 9 rings (SSSR count). The van der Waals surface area contributed by atoms with Crippen molar-refractivity contribution in [3.05, 3.63) is 34.4 Å². The topological polar surface area (TPSA) is 217 Å². The van der Waals surface area contributed by atoms with E-state index in [1.807, 2.05) is 0 Å². The molecule has 282 valence electrons. The summed E-state index contributed by atoms with van der Waals surface area (Å²) in [6.07, 6.45) is 12.0. The van der Waals surface area contributed by atoms with Gasteiger partial charge in [-0.2, -0.15) is 21.0 Å². The molecule has 9 heterocycles. The summed E-state index contributed by atoms with van der Waals surface area (Å²) in [5, 5.41) is 43.2. The van der Waals surface area contributed by atoms with Crippen molar-refractivity contribution < 1.29 is 0 Å². The fraction of sp³-hybridized carbons (Fsp3) is 0.500. The lowest BCUT2D eigenvalue weighted by Gasteiger charge is -2.29. The summed E-state index contributed by atoms with van der Waals surface area (Å²) < 4.78 is 0. The number of aromatic nitrogens is 8. The molecule has 0 atom stereocenters. The predicted octanol–water partition coefficient (Wildman–Crippen LogP) is 5.37. The number of aromatic amines is 2. The fourth-order valence-corrected chi connectivity index (χ4v) is 8.96. The standard InChI is InChI=1S/C40H42N16/c41-21-25-29(53-13-5-1-6-14-53)37-45-33(25)50-38-31(55-17-9-3-10-18-55)27(23-43)35(47-38)52-40-32(56-19-11-4-12-20-56)28(24-44)36(48-40)51-39-30(54-15-7-2-8-16-54)26(22-42)34(46-39)49-37/h1-20H2,(H2,45,46,47,48,49,50,51,52). The second-order valence-corrected chi connectivity index (χ2v) is 15.1. The predicted molar refractivity (Wildman–Crippen MR) is 209 cm³/mol. The quantitative estimate of drug-likeness (QED) is 0.343. The molecule has 6 aliphatic rings. The van der Waals surface area contributed by atoms with Crippen LogP contribution in [0.25, 0.3) is 45.1 Å². The zero-order valence-corrected chi connectivity index (χ0v) is 31.4. The van der Waals surface area contributed by atoms with Crippen LogP contribution in [0.2, 0.25) is 0 Å². The van der Waals surface area contributed by atoms with E-state index in [4.69, 9.17) is 29.9 Å². The number of allylic oxidation sites excluding steroid dienone is 2. The van der Waals surface area contributed by atoms with Crippen LogP contribution in [0, 0.1) is 45.3 Å². The molecule has 0 aliphatic carbocycles. The molecule has 0 aromatic carbocycles. The second kappa shape index (κ2) is 15.0. The number of nitriles is 4. The van der Waals surface area contributed by atoms with Crippen molar-refractivity contribution in [3.8, 4) is 24.3 Å². The SMILES string of the molecule is N#CC1=C(N2CCCCC2)c2nc3nc(nc4[nH]c(nc5[nH]c(nc1n2)c(N1CCCCC1)c5C#N)c(N1CCCCC1)c4C#N)C(N1CCCCC1)=C3C#N. The van der Waals surface area contributed by atoms with Crippen LogP contribution in [0.1, 0.15) is 111 Å². The van der Waals surface area contributed by atoms with Gasteiger partial charge < -0.3 is 29.6 Å². The Bertz CT molecular complexity index is 2470. The summed E-state index contributed by atoms with van der Waals surface area (Å²) in [7, 11) is 0. The van der Waals surface area contributed by atoms with Crippen molar-refractivity contribution in [1.82, 2.24) is 49.7 Å². The van der Waals surface area contributed by atoms with Crippen LogP contribution in [0.4, 0.5) is 11.4 Å². The fourth-order valence-electron chi connectivity index (χ4n) is 8.96. The lowest BCUT2D eigenvalue weighted by atomic mass is 10.1. The molecule has 0 amide bonds. The van der Waals surface area contributed by atoms with Gasteiger partial charge in [0.15, 0.2) is 45.9 Å². The highest BCUT2D eigenvalue weighted by atomic mass is 15.2. The Morgan fingerprint density at radius 1 is 0.357 bits per heavy atom. The van der Waals surface area contributed by atoms with Crippen molar-refractivity contribution in [2.75, 3.05) is 62.2 Å². The summed E-state index contributed by atoms with van der Waals surface area (Å²) in [6, 6.07) is 9.63. The minimum Gasteiger partial charge on any atom is -0.367 e. The highest BCUT2D eigenvalue weighted by Gasteiger charge is 2.34. The van der Waals surface area contributed by atoms with Crippen molar-refractivity contribution in [1.29, 1.82) is 21.0 Å². The Balaban J connectivity index is 1.42. The summed E-state index contributed by atoms with van der Waals surface area (Å²) in [4.78, 5) is 45.4. The number of nitrogens with one attached hydrogen (secondary N) is 2. The molecule has 0 unspecified atom stereocenters. The Morgan fingerprint density at radius 3 is 1.11 bits per heavy atom. The number of anilines is 2. The maximum atomic E-state index is 10.8. The molecule has 2 N–H and O–H groups in total. The van der Waals surface area contributed by atoms with Gasteiger partial charge in [-0.15, -0.1) is 0 Å². The first-order valence-corrected chi connectivity index (χ1v) is 20.0. The monoisotopic (exact) mass is 746 g/mol. The third kappa shape index (κ3) is 6.12. The Labute approximate surface area is 324 Å². The molecule has 4 saturated heterocycles. The van der Waals surface area contributed by atoms with E-state index in [0.717, 1.165) is 129 Å². The van der Waals surface area contributed by atoms with Gasteiger partial charge in [0.05, 0.1) is 0 Å². The van der Waals surface area contributed by atoms with Gasteiger partial charge in [-0.1, -0.05) is 0 Å². The maximum absolute atomic E-state index is 10.8. The largest absolute Gasteiger partial charge is 0.367 e. The van der Waals surface area contributed by atoms with Gasteiger partial charge in [0.25, 0.3) is 0 Å². The number of hydrogen-bond donors (Lipinski definition) is 2. The van der Waals surface area contributed by atoms with Crippen molar-refractivity contribution in [2.45, 2.75) is 77.0 Å². The zero-order valence-electron chi connectivity index (χ0n) is 31.4. The highest BCUT2D eigenvalue weighted by molar-refractivity contribution is 5.99. The number of likely N-dealkylation sites (tertiary alicyclic amines) is 2. The molecular weight excluding hydrogens is 705 g/mol. The van der Waals surface area contributed by atoms with Crippen molar-refractivity contribution >= 4 is 56.5 Å². The Morgan fingerprint density at radius 2 is 0.696 bits per heavy atom. The minimum atomic E-state index is 0.153. The van der Waals surface area contributed by atoms with Crippen LogP contribution in [-0.4, -0.2) is 102 Å². The Kier molecular flexibility index (Phi) is 9.40.